The minimum atomic E-state index is 0.792. The molecule has 0 spiro atoms. The van der Waals surface area contributed by atoms with Crippen LogP contribution in [0, 0.1) is 5.92 Å². The molecular weight excluding hydrogens is 396 g/mol. The van der Waals surface area contributed by atoms with Crippen LogP contribution < -0.4 is 10.1 Å². The largest absolute Gasteiger partial charge is 0.494 e. The number of halogens is 1. The molecule has 1 fully saturated rings. The Hall–Kier alpha value is -1.43. The molecule has 3 aromatic rings. The summed E-state index contributed by atoms with van der Waals surface area (Å²) in [6, 6.07) is 14.6. The van der Waals surface area contributed by atoms with Gasteiger partial charge in [0.25, 0.3) is 0 Å². The number of ether oxygens (including phenoxy) is 1. The average molecular weight is 417 g/mol. The molecule has 5 heteroatoms. The number of nitrogens with one attached hydrogen (secondary N) is 1. The lowest BCUT2D eigenvalue weighted by Crippen LogP contribution is -2.09. The zero-order valence-corrected chi connectivity index (χ0v) is 16.4. The molecule has 25 heavy (non-hydrogen) atoms. The van der Waals surface area contributed by atoms with Gasteiger partial charge in [0.1, 0.15) is 5.75 Å². The molecule has 130 valence electrons. The fourth-order valence-corrected chi connectivity index (χ4v) is 4.44. The number of benzene rings is 2. The van der Waals surface area contributed by atoms with Crippen molar-refractivity contribution in [1.82, 2.24) is 9.69 Å². The summed E-state index contributed by atoms with van der Waals surface area (Å²) in [7, 11) is 0. The summed E-state index contributed by atoms with van der Waals surface area (Å²) in [5.41, 5.74) is 2.20. The van der Waals surface area contributed by atoms with Crippen LogP contribution in [0.15, 0.2) is 46.9 Å². The van der Waals surface area contributed by atoms with Crippen molar-refractivity contribution in [3.63, 3.8) is 0 Å². The van der Waals surface area contributed by atoms with E-state index >= 15 is 0 Å². The molecule has 0 bridgehead atoms. The lowest BCUT2D eigenvalue weighted by Gasteiger charge is -2.09. The van der Waals surface area contributed by atoms with Crippen LogP contribution in [0.3, 0.4) is 0 Å². The maximum absolute atomic E-state index is 5.96. The van der Waals surface area contributed by atoms with Gasteiger partial charge >= 0.3 is 0 Å². The molecular formula is C20H21BrN2OS. The first kappa shape index (κ1) is 17.0. The molecule has 1 aromatic heterocycles. The first-order valence-electron chi connectivity index (χ1n) is 8.78. The highest BCUT2D eigenvalue weighted by atomic mass is 79.9. The van der Waals surface area contributed by atoms with Gasteiger partial charge in [0, 0.05) is 15.4 Å². The third-order valence-corrected chi connectivity index (χ3v) is 6.09. The number of hydrogen-bond acceptors (Lipinski definition) is 4. The van der Waals surface area contributed by atoms with Crippen LogP contribution in [0.4, 0.5) is 0 Å². The maximum Gasteiger partial charge on any atom is 0.120 e. The minimum Gasteiger partial charge on any atom is -0.494 e. The van der Waals surface area contributed by atoms with Crippen molar-refractivity contribution in [2.75, 3.05) is 19.7 Å². The number of aromatic nitrogens is 1. The highest BCUT2D eigenvalue weighted by molar-refractivity contribution is 9.10. The summed E-state index contributed by atoms with van der Waals surface area (Å²) in [5, 5.41) is 4.61. The lowest BCUT2D eigenvalue weighted by atomic mass is 10.0. The van der Waals surface area contributed by atoms with Gasteiger partial charge in [-0.05, 0) is 80.1 Å². The Morgan fingerprint density at radius 2 is 2.08 bits per heavy atom. The van der Waals surface area contributed by atoms with Gasteiger partial charge < -0.3 is 10.1 Å². The van der Waals surface area contributed by atoms with Crippen molar-refractivity contribution in [2.24, 2.45) is 5.92 Å². The number of fused-ring (bicyclic) bond motifs is 1. The lowest BCUT2D eigenvalue weighted by molar-refractivity contribution is 0.295. The quantitative estimate of drug-likeness (QED) is 0.539. The normalized spacial score (nSPS) is 17.2. The molecule has 1 unspecified atom stereocenters. The van der Waals surface area contributed by atoms with E-state index in [1.165, 1.54) is 47.5 Å². The van der Waals surface area contributed by atoms with E-state index in [1.807, 2.05) is 0 Å². The average Bonchev–Trinajstić information content (AvgIpc) is 3.29. The summed E-state index contributed by atoms with van der Waals surface area (Å²) in [6.45, 7) is 3.14. The molecule has 3 nitrogen and oxygen atoms in total. The van der Waals surface area contributed by atoms with Gasteiger partial charge in [0.15, 0.2) is 0 Å². The van der Waals surface area contributed by atoms with E-state index in [9.17, 15) is 0 Å². The molecule has 4 rings (SSSR count). The molecule has 1 atom stereocenters. The van der Waals surface area contributed by atoms with E-state index in [0.717, 1.165) is 40.4 Å². The second-order valence-electron chi connectivity index (χ2n) is 6.55. The Labute approximate surface area is 160 Å². The summed E-state index contributed by atoms with van der Waals surface area (Å²) >= 11 is 5.02. The first-order chi connectivity index (χ1) is 12.3. The third-order valence-electron chi connectivity index (χ3n) is 4.75. The van der Waals surface area contributed by atoms with Crippen LogP contribution in [0.25, 0.3) is 21.3 Å². The van der Waals surface area contributed by atoms with Gasteiger partial charge in [-0.15, -0.1) is 0 Å². The molecule has 1 saturated heterocycles. The van der Waals surface area contributed by atoms with Crippen LogP contribution >= 0.6 is 27.5 Å². The number of rotatable bonds is 6. The van der Waals surface area contributed by atoms with Gasteiger partial charge in [-0.1, -0.05) is 28.1 Å². The van der Waals surface area contributed by atoms with Crippen molar-refractivity contribution < 1.29 is 4.74 Å². The molecule has 1 aliphatic heterocycles. The number of nitrogens with zero attached hydrogens (tertiary/aromatic N) is 1. The Morgan fingerprint density at radius 3 is 2.88 bits per heavy atom. The predicted molar refractivity (Wildman–Crippen MR) is 108 cm³/mol. The Balaban J connectivity index is 1.41. The van der Waals surface area contributed by atoms with Crippen LogP contribution in [0.1, 0.15) is 19.3 Å². The Bertz CT molecular complexity index is 841. The molecule has 0 saturated carbocycles. The van der Waals surface area contributed by atoms with Crippen molar-refractivity contribution in [3.8, 4) is 17.0 Å². The smallest absolute Gasteiger partial charge is 0.120 e. The molecule has 2 aromatic carbocycles. The molecule has 0 amide bonds. The van der Waals surface area contributed by atoms with Gasteiger partial charge in [0.2, 0.25) is 0 Å². The maximum atomic E-state index is 5.96. The third kappa shape index (κ3) is 4.05. The van der Waals surface area contributed by atoms with Crippen molar-refractivity contribution in [3.05, 3.63) is 46.9 Å². The van der Waals surface area contributed by atoms with Crippen molar-refractivity contribution in [2.45, 2.75) is 19.3 Å². The summed E-state index contributed by atoms with van der Waals surface area (Å²) < 4.78 is 12.9. The second kappa shape index (κ2) is 7.85. The minimum absolute atomic E-state index is 0.792. The van der Waals surface area contributed by atoms with Crippen LogP contribution in [0.5, 0.6) is 5.75 Å². The van der Waals surface area contributed by atoms with Crippen molar-refractivity contribution in [1.29, 1.82) is 0 Å². The van der Waals surface area contributed by atoms with Gasteiger partial charge in [-0.25, -0.2) is 0 Å². The Morgan fingerprint density at radius 1 is 1.20 bits per heavy atom. The zero-order chi connectivity index (χ0) is 17.1. The van der Waals surface area contributed by atoms with E-state index in [1.54, 1.807) is 0 Å². The topological polar surface area (TPSA) is 34.1 Å². The Kier molecular flexibility index (Phi) is 5.34. The summed E-state index contributed by atoms with van der Waals surface area (Å²) in [4.78, 5) is 0. The van der Waals surface area contributed by atoms with E-state index in [2.05, 4.69) is 68.1 Å². The van der Waals surface area contributed by atoms with Crippen LogP contribution in [-0.2, 0) is 0 Å². The van der Waals surface area contributed by atoms with Gasteiger partial charge in [-0.3, -0.25) is 0 Å². The second-order valence-corrected chi connectivity index (χ2v) is 8.27. The molecule has 0 radical (unpaired) electrons. The van der Waals surface area contributed by atoms with Crippen LogP contribution in [0.2, 0.25) is 0 Å². The van der Waals surface area contributed by atoms with Crippen molar-refractivity contribution >= 4 is 37.5 Å². The predicted octanol–water partition coefficient (Wildman–Crippen LogP) is 5.49. The number of hydrogen-bond donors (Lipinski definition) is 1. The highest BCUT2D eigenvalue weighted by Gasteiger charge is 2.14. The van der Waals surface area contributed by atoms with Crippen LogP contribution in [-0.4, -0.2) is 24.1 Å². The summed E-state index contributed by atoms with van der Waals surface area (Å²) in [6.07, 6.45) is 3.69. The molecule has 0 aliphatic carbocycles. The van der Waals surface area contributed by atoms with E-state index in [0.29, 0.717) is 0 Å². The monoisotopic (exact) mass is 416 g/mol. The molecule has 1 N–H and O–H groups in total. The highest BCUT2D eigenvalue weighted by Crippen LogP contribution is 2.33. The van der Waals surface area contributed by atoms with Gasteiger partial charge in [-0.2, -0.15) is 4.37 Å². The standard InChI is InChI=1S/C20H21BrN2OS/c21-16-5-3-15(4-6-16)20-18-8-7-17(12-19(18)25-23-20)24-11-1-2-14-9-10-22-13-14/h3-8,12,14,22H,1-2,9-11,13H2. The SMILES string of the molecule is Brc1ccc(-c2nsc3cc(OCCCC4CCNC4)ccc23)cc1. The van der Waals surface area contributed by atoms with E-state index in [4.69, 9.17) is 4.74 Å². The van der Waals surface area contributed by atoms with Gasteiger partial charge in [0.05, 0.1) is 17.0 Å². The van der Waals surface area contributed by atoms with E-state index < -0.39 is 0 Å². The fraction of sp³-hybridized carbons (Fsp3) is 0.350. The summed E-state index contributed by atoms with van der Waals surface area (Å²) in [5.74, 6) is 1.78. The van der Waals surface area contributed by atoms with E-state index in [-0.39, 0.29) is 0 Å². The molecule has 2 heterocycles. The zero-order valence-electron chi connectivity index (χ0n) is 14.0. The fourth-order valence-electron chi connectivity index (χ4n) is 3.35. The molecule has 1 aliphatic rings. The first-order valence-corrected chi connectivity index (χ1v) is 10.3.